The second kappa shape index (κ2) is 14.0. The molecule has 2 aromatic carbocycles. The van der Waals surface area contributed by atoms with E-state index in [-0.39, 0.29) is 36.6 Å². The van der Waals surface area contributed by atoms with Crippen LogP contribution in [0.4, 0.5) is 4.39 Å². The van der Waals surface area contributed by atoms with Gasteiger partial charge in [0.25, 0.3) is 5.56 Å². The lowest BCUT2D eigenvalue weighted by molar-refractivity contribution is -0.0234. The molecule has 0 amide bonds. The van der Waals surface area contributed by atoms with Crippen molar-refractivity contribution in [3.63, 3.8) is 0 Å². The average molecular weight is 604 g/mol. The van der Waals surface area contributed by atoms with Gasteiger partial charge in [-0.1, -0.05) is 54.9 Å². The Morgan fingerprint density at radius 2 is 1.93 bits per heavy atom. The highest BCUT2D eigenvalue weighted by atomic mass is 19.1. The number of nitrogens with two attached hydrogens (primary N) is 1. The summed E-state index contributed by atoms with van der Waals surface area (Å²) in [6.45, 7) is 3.99. The number of aliphatic hydroxyl groups is 1. The number of halogens is 1. The first-order chi connectivity index (χ1) is 21.3. The summed E-state index contributed by atoms with van der Waals surface area (Å²) in [7, 11) is 0. The summed E-state index contributed by atoms with van der Waals surface area (Å²) in [5.74, 6) is -0.386. The zero-order valence-corrected chi connectivity index (χ0v) is 25.0. The summed E-state index contributed by atoms with van der Waals surface area (Å²) in [6, 6.07) is 12.0. The Morgan fingerprint density at radius 1 is 1.18 bits per heavy atom. The Balaban J connectivity index is 1.48. The largest absolute Gasteiger partial charge is 0.439 e. The van der Waals surface area contributed by atoms with Crippen LogP contribution in [0.3, 0.4) is 0 Å². The van der Waals surface area contributed by atoms with Crippen LogP contribution in [0.1, 0.15) is 74.6 Å². The predicted octanol–water partition coefficient (Wildman–Crippen LogP) is 4.75. The zero-order valence-electron chi connectivity index (χ0n) is 25.0. The van der Waals surface area contributed by atoms with Crippen molar-refractivity contribution >= 4 is 6.08 Å². The molecule has 1 aliphatic carbocycles. The Morgan fingerprint density at radius 3 is 2.57 bits per heavy atom. The van der Waals surface area contributed by atoms with Crippen LogP contribution in [0.25, 0.3) is 28.6 Å². The lowest BCUT2D eigenvalue weighted by Crippen LogP contribution is -2.35. The molecule has 11 heteroatoms. The normalized spacial score (nSPS) is 17.7. The quantitative estimate of drug-likeness (QED) is 0.222. The molecule has 1 fully saturated rings. The molecule has 0 bridgehead atoms. The second-order valence-corrected chi connectivity index (χ2v) is 11.3. The van der Waals surface area contributed by atoms with E-state index in [4.69, 9.17) is 15.5 Å². The molecule has 1 aliphatic rings. The maximum atomic E-state index is 15.8. The minimum Gasteiger partial charge on any atom is -0.404 e. The molecular weight excluding hydrogens is 565 g/mol. The molecule has 2 aromatic heterocycles. The van der Waals surface area contributed by atoms with Crippen molar-refractivity contribution in [2.45, 2.75) is 77.0 Å². The first kappa shape index (κ1) is 31.1. The molecule has 1 atom stereocenters. The molecular formula is C33H38FN5O5. The van der Waals surface area contributed by atoms with Gasteiger partial charge >= 0.3 is 5.76 Å². The SMILES string of the molecule is CCCc1nc(C=CN)n(C2CCC(OCC(C)O)CC2)c(=O)c1Cc1ccc(-c2ccccc2-c2noc(=O)[nH]2)cc1F. The van der Waals surface area contributed by atoms with Gasteiger partial charge in [0.2, 0.25) is 0 Å². The van der Waals surface area contributed by atoms with Gasteiger partial charge in [-0.15, -0.1) is 0 Å². The van der Waals surface area contributed by atoms with E-state index < -0.39 is 17.7 Å². The van der Waals surface area contributed by atoms with E-state index in [1.807, 2.05) is 19.1 Å². The van der Waals surface area contributed by atoms with E-state index in [2.05, 4.69) is 14.7 Å². The highest BCUT2D eigenvalue weighted by molar-refractivity contribution is 5.80. The van der Waals surface area contributed by atoms with Gasteiger partial charge < -0.3 is 15.6 Å². The van der Waals surface area contributed by atoms with Crippen molar-refractivity contribution in [1.29, 1.82) is 0 Å². The van der Waals surface area contributed by atoms with E-state index in [1.165, 1.54) is 12.3 Å². The van der Waals surface area contributed by atoms with Crippen molar-refractivity contribution < 1.29 is 18.8 Å². The van der Waals surface area contributed by atoms with E-state index in [0.29, 0.717) is 58.6 Å². The van der Waals surface area contributed by atoms with Crippen LogP contribution in [-0.2, 0) is 17.6 Å². The van der Waals surface area contributed by atoms with Crippen molar-refractivity contribution in [2.75, 3.05) is 6.61 Å². The number of ether oxygens (including phenoxy) is 1. The summed E-state index contributed by atoms with van der Waals surface area (Å²) in [6.07, 6.45) is 6.88. The fourth-order valence-corrected chi connectivity index (χ4v) is 5.89. The van der Waals surface area contributed by atoms with E-state index in [0.717, 1.165) is 19.3 Å². The number of benzene rings is 2. The molecule has 0 saturated heterocycles. The summed E-state index contributed by atoms with van der Waals surface area (Å²) in [4.78, 5) is 33.1. The van der Waals surface area contributed by atoms with Gasteiger partial charge in [0.1, 0.15) is 11.6 Å². The minimum atomic E-state index is -0.677. The topological polar surface area (TPSA) is 149 Å². The number of nitrogens with one attached hydrogen (secondary N) is 1. The minimum absolute atomic E-state index is 0.0270. The molecule has 4 aromatic rings. The highest BCUT2D eigenvalue weighted by Gasteiger charge is 2.27. The van der Waals surface area contributed by atoms with E-state index >= 15 is 4.39 Å². The number of aromatic nitrogens is 4. The summed E-state index contributed by atoms with van der Waals surface area (Å²) in [5.41, 5.74) is 8.92. The van der Waals surface area contributed by atoms with E-state index in [1.54, 1.807) is 41.8 Å². The van der Waals surface area contributed by atoms with Gasteiger partial charge in [-0.05, 0) is 74.1 Å². The lowest BCUT2D eigenvalue weighted by Gasteiger charge is -2.31. The van der Waals surface area contributed by atoms with Crippen LogP contribution in [0.2, 0.25) is 0 Å². The average Bonchev–Trinajstić information content (AvgIpc) is 3.45. The molecule has 1 saturated carbocycles. The fourth-order valence-electron chi connectivity index (χ4n) is 5.89. The molecule has 1 unspecified atom stereocenters. The van der Waals surface area contributed by atoms with Gasteiger partial charge in [0, 0.05) is 23.6 Å². The summed E-state index contributed by atoms with van der Waals surface area (Å²) < 4.78 is 28.0. The third-order valence-electron chi connectivity index (χ3n) is 7.99. The van der Waals surface area contributed by atoms with Gasteiger partial charge in [-0.2, -0.15) is 0 Å². The fraction of sp³-hybridized carbons (Fsp3) is 0.394. The maximum Gasteiger partial charge on any atom is 0.439 e. The standard InChI is InChI=1S/C33H38FN5O5/c1-3-6-29-27(32(41)39(30(36-29)15-16-35)23-11-13-24(14-12-23)43-19-20(2)40)17-22-10-9-21(18-28(22)34)25-7-4-5-8-26(25)31-37-33(42)44-38-31/h4-5,7-10,15-16,18,20,23-24,40H,3,6,11-14,17,19,35H2,1-2H3,(H,37,38,42). The molecule has 0 spiro atoms. The van der Waals surface area contributed by atoms with Gasteiger partial charge in [0.15, 0.2) is 5.82 Å². The number of aromatic amines is 1. The first-order valence-electron chi connectivity index (χ1n) is 15.0. The maximum absolute atomic E-state index is 15.8. The Kier molecular flexibility index (Phi) is 9.86. The number of aliphatic hydroxyl groups excluding tert-OH is 1. The smallest absolute Gasteiger partial charge is 0.404 e. The summed E-state index contributed by atoms with van der Waals surface area (Å²) in [5, 5.41) is 13.4. The van der Waals surface area contributed by atoms with Crippen molar-refractivity contribution in [2.24, 2.45) is 5.73 Å². The molecule has 4 N–H and O–H groups in total. The Labute approximate surface area is 254 Å². The van der Waals surface area contributed by atoms with Crippen LogP contribution in [0.5, 0.6) is 0 Å². The molecule has 0 aliphatic heterocycles. The molecule has 10 nitrogen and oxygen atoms in total. The van der Waals surface area contributed by atoms with Crippen LogP contribution in [-0.4, -0.2) is 43.6 Å². The lowest BCUT2D eigenvalue weighted by atomic mass is 9.92. The number of nitrogens with zero attached hydrogens (tertiary/aromatic N) is 3. The van der Waals surface area contributed by atoms with Crippen LogP contribution in [0, 0.1) is 5.82 Å². The Hall–Kier alpha value is -4.35. The number of H-pyrrole nitrogens is 1. The first-order valence-corrected chi connectivity index (χ1v) is 15.0. The second-order valence-electron chi connectivity index (χ2n) is 11.3. The number of aryl methyl sites for hydroxylation is 1. The van der Waals surface area contributed by atoms with Gasteiger partial charge in [0.05, 0.1) is 24.5 Å². The van der Waals surface area contributed by atoms with Gasteiger partial charge in [-0.3, -0.25) is 18.9 Å². The summed E-state index contributed by atoms with van der Waals surface area (Å²) >= 11 is 0. The van der Waals surface area contributed by atoms with E-state index in [9.17, 15) is 14.7 Å². The van der Waals surface area contributed by atoms with Crippen molar-refractivity contribution in [3.05, 3.63) is 98.0 Å². The molecule has 5 rings (SSSR count). The highest BCUT2D eigenvalue weighted by Crippen LogP contribution is 2.33. The van der Waals surface area contributed by atoms with Crippen LogP contribution in [0.15, 0.2) is 62.8 Å². The molecule has 44 heavy (non-hydrogen) atoms. The molecule has 232 valence electrons. The van der Waals surface area contributed by atoms with Crippen molar-refractivity contribution in [1.82, 2.24) is 19.7 Å². The predicted molar refractivity (Wildman–Crippen MR) is 165 cm³/mol. The molecule has 2 heterocycles. The number of rotatable bonds is 11. The third-order valence-corrected chi connectivity index (χ3v) is 7.99. The van der Waals surface area contributed by atoms with Crippen LogP contribution < -0.4 is 17.0 Å². The number of hydrogen-bond donors (Lipinski definition) is 3. The molecule has 0 radical (unpaired) electrons. The zero-order chi connectivity index (χ0) is 31.2. The third kappa shape index (κ3) is 6.89. The monoisotopic (exact) mass is 603 g/mol. The Bertz CT molecular complexity index is 1730. The van der Waals surface area contributed by atoms with Gasteiger partial charge in [-0.25, -0.2) is 14.2 Å². The van der Waals surface area contributed by atoms with Crippen LogP contribution >= 0.6 is 0 Å². The van der Waals surface area contributed by atoms with Crippen molar-refractivity contribution in [3.8, 4) is 22.5 Å². The number of hydrogen-bond acceptors (Lipinski definition) is 8.